The van der Waals surface area contributed by atoms with Gasteiger partial charge in [-0.15, -0.1) is 0 Å². The summed E-state index contributed by atoms with van der Waals surface area (Å²) in [7, 11) is 1.93. The smallest absolute Gasteiger partial charge is 0.0995 e. The predicted molar refractivity (Wildman–Crippen MR) is 71.7 cm³/mol. The first kappa shape index (κ1) is 12.8. The van der Waals surface area contributed by atoms with Gasteiger partial charge in [0, 0.05) is 31.5 Å². The molecular formula is C13H21N5. The second-order valence-electron chi connectivity index (χ2n) is 5.63. The molecule has 0 aliphatic rings. The number of nitrogens with zero attached hydrogens (tertiary/aromatic N) is 4. The molecule has 5 nitrogen and oxygen atoms in total. The zero-order chi connectivity index (χ0) is 13.3. The van der Waals surface area contributed by atoms with Gasteiger partial charge in [-0.3, -0.25) is 9.25 Å². The lowest BCUT2D eigenvalue weighted by molar-refractivity contribution is 0.419. The highest BCUT2D eigenvalue weighted by Crippen LogP contribution is 2.15. The third-order valence-corrected chi connectivity index (χ3v) is 2.76. The van der Waals surface area contributed by atoms with Crippen LogP contribution in [-0.4, -0.2) is 24.9 Å². The molecule has 1 N–H and O–H groups in total. The van der Waals surface area contributed by atoms with Crippen LogP contribution < -0.4 is 5.32 Å². The lowest BCUT2D eigenvalue weighted by Crippen LogP contribution is -2.35. The Morgan fingerprint density at radius 1 is 1.33 bits per heavy atom. The standard InChI is InChI=1S/C13H21N5/c1-10-12(8-17(5)16-10)18-9-14-6-11(18)7-15-13(2,3)4/h6,8-9,15H,7H2,1-5H3. The fraction of sp³-hybridized carbons (Fsp3) is 0.538. The molecule has 0 aromatic carbocycles. The van der Waals surface area contributed by atoms with Gasteiger partial charge in [-0.2, -0.15) is 5.10 Å². The van der Waals surface area contributed by atoms with Gasteiger partial charge >= 0.3 is 0 Å². The zero-order valence-corrected chi connectivity index (χ0v) is 11.7. The molecule has 0 bridgehead atoms. The molecule has 0 spiro atoms. The summed E-state index contributed by atoms with van der Waals surface area (Å²) < 4.78 is 3.91. The molecule has 5 heteroatoms. The highest BCUT2D eigenvalue weighted by Gasteiger charge is 2.13. The third-order valence-electron chi connectivity index (χ3n) is 2.76. The molecule has 2 rings (SSSR count). The van der Waals surface area contributed by atoms with Crippen molar-refractivity contribution in [3.8, 4) is 5.69 Å². The molecule has 0 amide bonds. The summed E-state index contributed by atoms with van der Waals surface area (Å²) >= 11 is 0. The summed E-state index contributed by atoms with van der Waals surface area (Å²) in [6, 6.07) is 0. The zero-order valence-electron chi connectivity index (χ0n) is 11.7. The van der Waals surface area contributed by atoms with E-state index in [1.165, 1.54) is 0 Å². The van der Waals surface area contributed by atoms with E-state index in [4.69, 9.17) is 0 Å². The van der Waals surface area contributed by atoms with E-state index < -0.39 is 0 Å². The van der Waals surface area contributed by atoms with Gasteiger partial charge in [0.25, 0.3) is 0 Å². The molecule has 0 saturated heterocycles. The average Bonchev–Trinajstić information content (AvgIpc) is 2.80. The first-order valence-electron chi connectivity index (χ1n) is 6.14. The van der Waals surface area contributed by atoms with Gasteiger partial charge in [0.1, 0.15) is 0 Å². The Bertz CT molecular complexity index is 530. The Morgan fingerprint density at radius 2 is 2.06 bits per heavy atom. The fourth-order valence-corrected chi connectivity index (χ4v) is 1.85. The van der Waals surface area contributed by atoms with Crippen molar-refractivity contribution >= 4 is 0 Å². The minimum absolute atomic E-state index is 0.0963. The van der Waals surface area contributed by atoms with Crippen LogP contribution >= 0.6 is 0 Å². The number of rotatable bonds is 3. The Hall–Kier alpha value is -1.62. The maximum Gasteiger partial charge on any atom is 0.0995 e. The normalized spacial score (nSPS) is 12.1. The van der Waals surface area contributed by atoms with Crippen LogP contribution in [0.4, 0.5) is 0 Å². The Balaban J connectivity index is 2.25. The van der Waals surface area contributed by atoms with E-state index in [1.54, 1.807) is 0 Å². The summed E-state index contributed by atoms with van der Waals surface area (Å²) in [5.41, 5.74) is 3.33. The molecule has 2 heterocycles. The van der Waals surface area contributed by atoms with Crippen LogP contribution in [0.5, 0.6) is 0 Å². The number of aryl methyl sites for hydroxylation is 2. The van der Waals surface area contributed by atoms with Crippen molar-refractivity contribution in [2.75, 3.05) is 0 Å². The maximum atomic E-state index is 4.36. The minimum Gasteiger partial charge on any atom is -0.306 e. The summed E-state index contributed by atoms with van der Waals surface area (Å²) in [5, 5.41) is 7.84. The van der Waals surface area contributed by atoms with Crippen molar-refractivity contribution in [2.24, 2.45) is 7.05 Å². The Kier molecular flexibility index (Phi) is 3.26. The van der Waals surface area contributed by atoms with Gasteiger partial charge in [0.15, 0.2) is 0 Å². The quantitative estimate of drug-likeness (QED) is 0.899. The van der Waals surface area contributed by atoms with Crippen LogP contribution in [0.25, 0.3) is 5.69 Å². The van der Waals surface area contributed by atoms with Crippen molar-refractivity contribution in [3.63, 3.8) is 0 Å². The van der Waals surface area contributed by atoms with E-state index in [0.717, 1.165) is 23.6 Å². The van der Waals surface area contributed by atoms with E-state index >= 15 is 0 Å². The van der Waals surface area contributed by atoms with E-state index in [0.29, 0.717) is 0 Å². The van der Waals surface area contributed by atoms with Crippen LogP contribution in [0.2, 0.25) is 0 Å². The predicted octanol–water partition coefficient (Wildman–Crippen LogP) is 1.80. The number of hydrogen-bond acceptors (Lipinski definition) is 3. The Labute approximate surface area is 108 Å². The van der Waals surface area contributed by atoms with Crippen LogP contribution in [0.1, 0.15) is 32.2 Å². The topological polar surface area (TPSA) is 47.7 Å². The minimum atomic E-state index is 0.0963. The van der Waals surface area contributed by atoms with Crippen LogP contribution in [-0.2, 0) is 13.6 Å². The third kappa shape index (κ3) is 2.79. The van der Waals surface area contributed by atoms with Crippen LogP contribution in [0.3, 0.4) is 0 Å². The molecule has 0 saturated carbocycles. The molecule has 0 unspecified atom stereocenters. The van der Waals surface area contributed by atoms with Crippen molar-refractivity contribution in [1.29, 1.82) is 0 Å². The van der Waals surface area contributed by atoms with Gasteiger partial charge in [0.05, 0.1) is 23.4 Å². The molecule has 0 atom stereocenters. The summed E-state index contributed by atoms with van der Waals surface area (Å²) in [4.78, 5) is 4.24. The molecule has 2 aromatic heterocycles. The lowest BCUT2D eigenvalue weighted by Gasteiger charge is -2.20. The van der Waals surface area contributed by atoms with Gasteiger partial charge in [0.2, 0.25) is 0 Å². The molecule has 18 heavy (non-hydrogen) atoms. The van der Waals surface area contributed by atoms with Crippen molar-refractivity contribution in [2.45, 2.75) is 39.8 Å². The van der Waals surface area contributed by atoms with Gasteiger partial charge in [-0.25, -0.2) is 4.98 Å². The van der Waals surface area contributed by atoms with E-state index in [1.807, 2.05) is 37.4 Å². The largest absolute Gasteiger partial charge is 0.306 e. The maximum absolute atomic E-state index is 4.36. The van der Waals surface area contributed by atoms with Gasteiger partial charge < -0.3 is 5.32 Å². The average molecular weight is 247 g/mol. The van der Waals surface area contributed by atoms with E-state index in [-0.39, 0.29) is 5.54 Å². The van der Waals surface area contributed by atoms with E-state index in [2.05, 4.69) is 40.7 Å². The number of hydrogen-bond donors (Lipinski definition) is 1. The van der Waals surface area contributed by atoms with Gasteiger partial charge in [-0.05, 0) is 27.7 Å². The summed E-state index contributed by atoms with van der Waals surface area (Å²) in [6.07, 6.45) is 5.74. The highest BCUT2D eigenvalue weighted by molar-refractivity contribution is 5.35. The Morgan fingerprint density at radius 3 is 2.61 bits per heavy atom. The number of nitrogens with one attached hydrogen (secondary N) is 1. The number of imidazole rings is 1. The molecule has 2 aromatic rings. The second kappa shape index (κ2) is 4.57. The SMILES string of the molecule is Cc1nn(C)cc1-n1cncc1CNC(C)(C)C. The second-order valence-corrected chi connectivity index (χ2v) is 5.63. The molecule has 0 aliphatic carbocycles. The van der Waals surface area contributed by atoms with Crippen molar-refractivity contribution < 1.29 is 0 Å². The molecule has 0 radical (unpaired) electrons. The fourth-order valence-electron chi connectivity index (χ4n) is 1.85. The van der Waals surface area contributed by atoms with Crippen molar-refractivity contribution in [1.82, 2.24) is 24.6 Å². The van der Waals surface area contributed by atoms with Crippen LogP contribution in [0, 0.1) is 6.92 Å². The molecular weight excluding hydrogens is 226 g/mol. The van der Waals surface area contributed by atoms with Crippen LogP contribution in [0.15, 0.2) is 18.7 Å². The summed E-state index contributed by atoms with van der Waals surface area (Å²) in [5.74, 6) is 0. The van der Waals surface area contributed by atoms with Crippen molar-refractivity contribution in [3.05, 3.63) is 30.1 Å². The molecule has 0 fully saturated rings. The first-order chi connectivity index (χ1) is 8.37. The highest BCUT2D eigenvalue weighted by atomic mass is 15.3. The molecule has 0 aliphatic heterocycles. The monoisotopic (exact) mass is 247 g/mol. The van der Waals surface area contributed by atoms with E-state index in [9.17, 15) is 0 Å². The lowest BCUT2D eigenvalue weighted by atomic mass is 10.1. The van der Waals surface area contributed by atoms with Gasteiger partial charge in [-0.1, -0.05) is 0 Å². The first-order valence-corrected chi connectivity index (χ1v) is 6.14. The molecule has 98 valence electrons. The number of aromatic nitrogens is 4. The summed E-state index contributed by atoms with van der Waals surface area (Å²) in [6.45, 7) is 9.27.